The molecule has 3 aromatic rings. The summed E-state index contributed by atoms with van der Waals surface area (Å²) in [5.41, 5.74) is 2.47. The number of hydrogen-bond acceptors (Lipinski definition) is 5. The van der Waals surface area contributed by atoms with Crippen molar-refractivity contribution >= 4 is 16.3 Å². The SMILES string of the molecule is CCc1nc2sc([C@H](c3cccc(C)c3)N3C[C@H](C)C[C@@H](C)C3)c(O)n2n1. The van der Waals surface area contributed by atoms with Gasteiger partial charge in [-0.15, -0.1) is 5.10 Å². The van der Waals surface area contributed by atoms with Gasteiger partial charge in [-0.1, -0.05) is 61.9 Å². The average molecular weight is 385 g/mol. The van der Waals surface area contributed by atoms with Crippen LogP contribution in [0.1, 0.15) is 55.1 Å². The maximum Gasteiger partial charge on any atom is 0.230 e. The molecule has 1 N–H and O–H groups in total. The molecular weight excluding hydrogens is 356 g/mol. The number of rotatable bonds is 4. The largest absolute Gasteiger partial charge is 0.492 e. The topological polar surface area (TPSA) is 53.7 Å². The number of aromatic nitrogens is 3. The number of benzene rings is 1. The highest BCUT2D eigenvalue weighted by Gasteiger charge is 2.33. The number of nitrogens with zero attached hydrogens (tertiary/aromatic N) is 4. The standard InChI is InChI=1S/C21H28N4OS/c1-5-17-22-21-25(23-17)20(26)19(27-21)18(16-8-6-7-13(2)10-16)24-11-14(3)9-15(4)12-24/h6-8,10,14-15,18,26H,5,9,11-12H2,1-4H3/t14-,15-,18+/m1/s1. The van der Waals surface area contributed by atoms with Crippen LogP contribution in [-0.4, -0.2) is 37.7 Å². The van der Waals surface area contributed by atoms with Crippen LogP contribution in [0.25, 0.3) is 4.96 Å². The van der Waals surface area contributed by atoms with Crippen LogP contribution in [0.15, 0.2) is 24.3 Å². The first-order valence-corrected chi connectivity index (χ1v) is 10.7. The van der Waals surface area contributed by atoms with Crippen LogP contribution in [-0.2, 0) is 6.42 Å². The molecule has 0 radical (unpaired) electrons. The molecule has 6 heteroatoms. The predicted octanol–water partition coefficient (Wildman–Crippen LogP) is 4.43. The molecule has 1 saturated heterocycles. The van der Waals surface area contributed by atoms with Gasteiger partial charge in [0.15, 0.2) is 5.82 Å². The maximum atomic E-state index is 11.0. The van der Waals surface area contributed by atoms with Gasteiger partial charge in [0.1, 0.15) is 0 Å². The Balaban J connectivity index is 1.82. The van der Waals surface area contributed by atoms with Gasteiger partial charge in [0, 0.05) is 19.5 Å². The predicted molar refractivity (Wildman–Crippen MR) is 109 cm³/mol. The third-order valence-corrected chi connectivity index (χ3v) is 6.50. The van der Waals surface area contributed by atoms with Gasteiger partial charge >= 0.3 is 0 Å². The van der Waals surface area contributed by atoms with E-state index in [1.54, 1.807) is 15.9 Å². The van der Waals surface area contributed by atoms with Crippen molar-refractivity contribution in [3.8, 4) is 5.88 Å². The molecule has 0 spiro atoms. The summed E-state index contributed by atoms with van der Waals surface area (Å²) in [4.78, 5) is 8.82. The van der Waals surface area contributed by atoms with Crippen LogP contribution in [0.5, 0.6) is 5.88 Å². The third kappa shape index (κ3) is 3.48. The summed E-state index contributed by atoms with van der Waals surface area (Å²) in [7, 11) is 0. The normalized spacial score (nSPS) is 22.4. The first kappa shape index (κ1) is 18.4. The van der Waals surface area contributed by atoms with Crippen LogP contribution in [0.3, 0.4) is 0 Å². The van der Waals surface area contributed by atoms with Crippen LogP contribution >= 0.6 is 11.3 Å². The molecule has 27 heavy (non-hydrogen) atoms. The van der Waals surface area contributed by atoms with Crippen LogP contribution in [0.4, 0.5) is 0 Å². The highest BCUT2D eigenvalue weighted by Crippen LogP contribution is 2.42. The molecule has 5 nitrogen and oxygen atoms in total. The Bertz CT molecular complexity index is 937. The van der Waals surface area contributed by atoms with Crippen molar-refractivity contribution in [1.82, 2.24) is 19.5 Å². The van der Waals surface area contributed by atoms with Crippen molar-refractivity contribution in [2.75, 3.05) is 13.1 Å². The molecule has 0 unspecified atom stereocenters. The molecule has 1 aromatic carbocycles. The molecule has 4 rings (SSSR count). The summed E-state index contributed by atoms with van der Waals surface area (Å²) in [6, 6.07) is 8.68. The van der Waals surface area contributed by atoms with Gasteiger partial charge < -0.3 is 5.11 Å². The van der Waals surface area contributed by atoms with E-state index in [0.717, 1.165) is 35.2 Å². The summed E-state index contributed by atoms with van der Waals surface area (Å²) in [5.74, 6) is 2.31. The smallest absolute Gasteiger partial charge is 0.230 e. The average Bonchev–Trinajstić information content (AvgIpc) is 3.14. The first-order valence-electron chi connectivity index (χ1n) is 9.84. The Labute approximate surface area is 164 Å². The minimum Gasteiger partial charge on any atom is -0.492 e. The number of likely N-dealkylation sites (tertiary alicyclic amines) is 1. The van der Waals surface area contributed by atoms with Gasteiger partial charge in [0.05, 0.1) is 10.9 Å². The Morgan fingerprint density at radius 3 is 2.63 bits per heavy atom. The Kier molecular flexibility index (Phi) is 4.95. The second kappa shape index (κ2) is 7.24. The quantitative estimate of drug-likeness (QED) is 0.723. The minimum atomic E-state index is 0.0358. The van der Waals surface area contributed by atoms with E-state index in [2.05, 4.69) is 60.0 Å². The molecule has 0 amide bonds. The molecule has 1 aliphatic heterocycles. The lowest BCUT2D eigenvalue weighted by atomic mass is 9.89. The zero-order valence-corrected chi connectivity index (χ0v) is 17.3. The van der Waals surface area contributed by atoms with E-state index in [0.29, 0.717) is 11.8 Å². The third-order valence-electron chi connectivity index (χ3n) is 5.43. The summed E-state index contributed by atoms with van der Waals surface area (Å²) in [6.07, 6.45) is 2.03. The number of fused-ring (bicyclic) bond motifs is 1. The summed E-state index contributed by atoms with van der Waals surface area (Å²) < 4.78 is 1.61. The second-order valence-electron chi connectivity index (χ2n) is 8.08. The zero-order chi connectivity index (χ0) is 19.1. The van der Waals surface area contributed by atoms with Crippen LogP contribution in [0.2, 0.25) is 0 Å². The molecule has 144 valence electrons. The number of hydrogen-bond donors (Lipinski definition) is 1. The van der Waals surface area contributed by atoms with Crippen molar-refractivity contribution < 1.29 is 5.11 Å². The molecule has 3 heterocycles. The van der Waals surface area contributed by atoms with E-state index in [1.165, 1.54) is 17.5 Å². The van der Waals surface area contributed by atoms with Crippen molar-refractivity contribution in [2.45, 2.75) is 46.6 Å². The Morgan fingerprint density at radius 2 is 2.00 bits per heavy atom. The van der Waals surface area contributed by atoms with Crippen molar-refractivity contribution in [3.05, 3.63) is 46.1 Å². The van der Waals surface area contributed by atoms with Gasteiger partial charge in [-0.25, -0.2) is 4.98 Å². The molecule has 0 aliphatic carbocycles. The lowest BCUT2D eigenvalue weighted by molar-refractivity contribution is 0.112. The fraction of sp³-hybridized carbons (Fsp3) is 0.524. The van der Waals surface area contributed by atoms with Gasteiger partial charge in [-0.2, -0.15) is 4.52 Å². The van der Waals surface area contributed by atoms with E-state index < -0.39 is 0 Å². The summed E-state index contributed by atoms with van der Waals surface area (Å²) in [5, 5.41) is 15.5. The van der Waals surface area contributed by atoms with E-state index in [4.69, 9.17) is 0 Å². The van der Waals surface area contributed by atoms with Gasteiger partial charge in [-0.3, -0.25) is 4.90 Å². The number of thiazole rings is 1. The first-order chi connectivity index (χ1) is 13.0. The summed E-state index contributed by atoms with van der Waals surface area (Å²) >= 11 is 1.56. The molecular formula is C21H28N4OS. The number of piperidine rings is 1. The highest BCUT2D eigenvalue weighted by atomic mass is 32.1. The van der Waals surface area contributed by atoms with Crippen molar-refractivity contribution in [2.24, 2.45) is 11.8 Å². The minimum absolute atomic E-state index is 0.0358. The van der Waals surface area contributed by atoms with E-state index in [-0.39, 0.29) is 11.9 Å². The number of aryl methyl sites for hydroxylation is 2. The Hall–Kier alpha value is -1.92. The molecule has 3 atom stereocenters. The van der Waals surface area contributed by atoms with E-state index >= 15 is 0 Å². The fourth-order valence-electron chi connectivity index (χ4n) is 4.41. The molecule has 1 fully saturated rings. The fourth-order valence-corrected chi connectivity index (χ4v) is 5.54. The van der Waals surface area contributed by atoms with Crippen molar-refractivity contribution in [3.63, 3.8) is 0 Å². The molecule has 0 bridgehead atoms. The molecule has 0 saturated carbocycles. The second-order valence-corrected chi connectivity index (χ2v) is 9.09. The van der Waals surface area contributed by atoms with E-state index in [9.17, 15) is 5.11 Å². The van der Waals surface area contributed by atoms with Crippen LogP contribution in [0, 0.1) is 18.8 Å². The monoisotopic (exact) mass is 384 g/mol. The van der Waals surface area contributed by atoms with Gasteiger partial charge in [0.25, 0.3) is 0 Å². The zero-order valence-electron chi connectivity index (χ0n) is 16.5. The van der Waals surface area contributed by atoms with E-state index in [1.807, 2.05) is 6.92 Å². The Morgan fingerprint density at radius 1 is 1.26 bits per heavy atom. The highest BCUT2D eigenvalue weighted by molar-refractivity contribution is 7.17. The maximum absolute atomic E-state index is 11.0. The lowest BCUT2D eigenvalue weighted by Gasteiger charge is -2.40. The van der Waals surface area contributed by atoms with Gasteiger partial charge in [-0.05, 0) is 30.7 Å². The van der Waals surface area contributed by atoms with Gasteiger partial charge in [0.2, 0.25) is 10.8 Å². The molecule has 2 aromatic heterocycles. The van der Waals surface area contributed by atoms with Crippen molar-refractivity contribution in [1.29, 1.82) is 0 Å². The summed E-state index contributed by atoms with van der Waals surface area (Å²) in [6.45, 7) is 10.9. The molecule has 1 aliphatic rings. The van der Waals surface area contributed by atoms with Crippen LogP contribution < -0.4 is 0 Å². The number of aromatic hydroxyl groups is 1. The lowest BCUT2D eigenvalue weighted by Crippen LogP contribution is -2.41.